The lowest BCUT2D eigenvalue weighted by molar-refractivity contribution is -0.684. The summed E-state index contributed by atoms with van der Waals surface area (Å²) < 4.78 is 26.2. The molecular formula is C23H35NO12S. The van der Waals surface area contributed by atoms with E-state index in [-0.39, 0.29) is 30.8 Å². The molecule has 4 N–H and O–H groups in total. The molecule has 0 amide bonds. The van der Waals surface area contributed by atoms with Crippen molar-refractivity contribution in [3.63, 3.8) is 0 Å². The third kappa shape index (κ3) is 13.0. The quantitative estimate of drug-likeness (QED) is 0.183. The first-order valence-electron chi connectivity index (χ1n) is 11.0. The van der Waals surface area contributed by atoms with Gasteiger partial charge in [0.1, 0.15) is 19.3 Å². The number of hydrogen-bond donors (Lipinski definition) is 3. The van der Waals surface area contributed by atoms with Gasteiger partial charge in [-0.25, -0.2) is 14.4 Å². The molecule has 13 nitrogen and oxygen atoms in total. The van der Waals surface area contributed by atoms with Gasteiger partial charge in [0.05, 0.1) is 33.0 Å². The molecule has 0 aliphatic carbocycles. The lowest BCUT2D eigenvalue weighted by Crippen LogP contribution is -2.94. The summed E-state index contributed by atoms with van der Waals surface area (Å²) in [6.45, 7) is 3.55. The van der Waals surface area contributed by atoms with Crippen LogP contribution in [-0.2, 0) is 23.9 Å². The van der Waals surface area contributed by atoms with E-state index in [0.717, 1.165) is 5.75 Å². The second-order valence-corrected chi connectivity index (χ2v) is 8.59. The number of hydrogen-bond acceptors (Lipinski definition) is 12. The van der Waals surface area contributed by atoms with E-state index >= 15 is 0 Å². The van der Waals surface area contributed by atoms with E-state index in [2.05, 4.69) is 0 Å². The van der Waals surface area contributed by atoms with Crippen LogP contribution in [0.25, 0.3) is 0 Å². The number of carbonyl (C=O) groups is 4. The van der Waals surface area contributed by atoms with Gasteiger partial charge in [0, 0.05) is 6.42 Å². The van der Waals surface area contributed by atoms with Crippen LogP contribution >= 0.6 is 11.8 Å². The zero-order valence-corrected chi connectivity index (χ0v) is 22.5. The Morgan fingerprint density at radius 2 is 1.59 bits per heavy atom. The fourth-order valence-electron chi connectivity index (χ4n) is 2.74. The van der Waals surface area contributed by atoms with Crippen molar-refractivity contribution in [1.82, 2.24) is 0 Å². The number of aliphatic hydroxyl groups excluding tert-OH is 1. The van der Waals surface area contributed by atoms with E-state index in [4.69, 9.17) is 43.5 Å². The molecule has 0 bridgehead atoms. The van der Waals surface area contributed by atoms with Gasteiger partial charge in [0.25, 0.3) is 0 Å². The van der Waals surface area contributed by atoms with Crippen molar-refractivity contribution in [3.8, 4) is 17.2 Å². The Hall–Kier alpha value is -3.23. The summed E-state index contributed by atoms with van der Waals surface area (Å²) in [5.41, 5.74) is 0.198. The topological polar surface area (TPSA) is 195 Å². The maximum absolute atomic E-state index is 12.4. The minimum Gasteiger partial charge on any atom is -0.539 e. The van der Waals surface area contributed by atoms with Crippen molar-refractivity contribution < 1.29 is 63.5 Å². The molecule has 2 unspecified atom stereocenters. The van der Waals surface area contributed by atoms with Crippen molar-refractivity contribution in [3.05, 3.63) is 17.7 Å². The number of rotatable bonds is 14. The molecule has 0 fully saturated rings. The molecule has 37 heavy (non-hydrogen) atoms. The fraction of sp³-hybridized carbons (Fsp3) is 0.565. The van der Waals surface area contributed by atoms with Gasteiger partial charge in [0.15, 0.2) is 23.5 Å². The molecule has 1 aromatic rings. The van der Waals surface area contributed by atoms with Crippen LogP contribution in [0.1, 0.15) is 30.6 Å². The van der Waals surface area contributed by atoms with Crippen molar-refractivity contribution in [2.75, 3.05) is 46.5 Å². The fourth-order valence-corrected chi connectivity index (χ4v) is 3.23. The maximum atomic E-state index is 12.4. The number of carbonyl (C=O) groups excluding carboxylic acids is 3. The number of carboxylic acid groups (broad SMARTS) is 2. The van der Waals surface area contributed by atoms with Gasteiger partial charge in [-0.05, 0) is 38.0 Å². The van der Waals surface area contributed by atoms with E-state index in [0.29, 0.717) is 23.7 Å². The van der Waals surface area contributed by atoms with Crippen LogP contribution in [-0.4, -0.2) is 98.8 Å². The van der Waals surface area contributed by atoms with E-state index in [1.165, 1.54) is 33.5 Å². The largest absolute Gasteiger partial charge is 0.539 e. The zero-order chi connectivity index (χ0) is 28.5. The number of nitrogens with two attached hydrogens (primary N) is 1. The number of esters is 2. The highest BCUT2D eigenvalue weighted by Crippen LogP contribution is 2.38. The molecule has 0 aromatic heterocycles. The first-order chi connectivity index (χ1) is 17.4. The molecule has 0 aliphatic heterocycles. The molecule has 0 aliphatic rings. The van der Waals surface area contributed by atoms with Crippen molar-refractivity contribution in [1.29, 1.82) is 0 Å². The average molecular weight is 550 g/mol. The number of thioether (sulfide) groups is 1. The molecule has 210 valence electrons. The highest BCUT2D eigenvalue weighted by Gasteiger charge is 2.26. The normalized spacial score (nSPS) is 11.9. The number of quaternary nitrogens is 1. The van der Waals surface area contributed by atoms with Crippen LogP contribution in [0.4, 0.5) is 0 Å². The van der Waals surface area contributed by atoms with Gasteiger partial charge in [-0.3, -0.25) is 0 Å². The predicted molar refractivity (Wildman–Crippen MR) is 130 cm³/mol. The highest BCUT2D eigenvalue weighted by molar-refractivity contribution is 7.98. The van der Waals surface area contributed by atoms with Gasteiger partial charge in [-0.1, -0.05) is 0 Å². The Kier molecular flexibility index (Phi) is 16.5. The summed E-state index contributed by atoms with van der Waals surface area (Å²) in [4.78, 5) is 42.7. The molecule has 0 heterocycles. The number of carboxylic acids is 2. The Morgan fingerprint density at radius 3 is 2.00 bits per heavy atom. The highest BCUT2D eigenvalue weighted by atomic mass is 32.2. The summed E-state index contributed by atoms with van der Waals surface area (Å²) in [5, 5.41) is 28.3. The van der Waals surface area contributed by atoms with Crippen LogP contribution in [0, 0.1) is 0 Å². The minimum atomic E-state index is -2.07. The summed E-state index contributed by atoms with van der Waals surface area (Å²) >= 11 is 1.63. The first kappa shape index (κ1) is 33.8. The molecule has 1 aromatic carbocycles. The van der Waals surface area contributed by atoms with Crippen molar-refractivity contribution in [2.24, 2.45) is 0 Å². The van der Waals surface area contributed by atoms with Crippen LogP contribution in [0.2, 0.25) is 0 Å². The van der Waals surface area contributed by atoms with E-state index in [1.807, 2.05) is 6.26 Å². The second kappa shape index (κ2) is 18.1. The SMILES string of the molecule is COc1cc(C(=O)OCC(O)C[NH2+]C(CCSC)C(=O)OC(C)C)cc(OC)c1OC.O=C([O-])C(=O)O. The average Bonchev–Trinajstić information content (AvgIpc) is 2.85. The maximum Gasteiger partial charge on any atom is 0.365 e. The molecule has 14 heteroatoms. The molecular weight excluding hydrogens is 514 g/mol. The Balaban J connectivity index is 0.00000192. The van der Waals surface area contributed by atoms with Crippen molar-refractivity contribution in [2.45, 2.75) is 38.5 Å². The Morgan fingerprint density at radius 1 is 1.05 bits per heavy atom. The lowest BCUT2D eigenvalue weighted by Gasteiger charge is -2.18. The molecule has 0 saturated carbocycles. The van der Waals surface area contributed by atoms with Gasteiger partial charge in [-0.2, -0.15) is 11.8 Å². The van der Waals surface area contributed by atoms with Crippen LogP contribution < -0.4 is 24.6 Å². The van der Waals surface area contributed by atoms with Crippen LogP contribution in [0.5, 0.6) is 17.2 Å². The van der Waals surface area contributed by atoms with E-state index in [1.54, 1.807) is 30.9 Å². The molecule has 0 saturated heterocycles. The van der Waals surface area contributed by atoms with E-state index in [9.17, 15) is 14.7 Å². The first-order valence-corrected chi connectivity index (χ1v) is 12.4. The molecule has 0 spiro atoms. The predicted octanol–water partition coefficient (Wildman–Crippen LogP) is -1.31. The van der Waals surface area contributed by atoms with Gasteiger partial charge >= 0.3 is 17.9 Å². The number of benzene rings is 1. The standard InChI is InChI=1S/C21H33NO8S.C2H2O4/c1-13(2)30-21(25)16(7-8-31-6)22-11-15(23)12-29-20(24)14-9-17(26-3)19(28-5)18(10-14)27-4;3-1(4)2(5)6/h9-10,13,15-16,22-23H,7-8,11-12H2,1-6H3;(H,3,4)(H,5,6). The molecule has 0 radical (unpaired) electrons. The number of aliphatic carboxylic acids is 2. The third-order valence-electron chi connectivity index (χ3n) is 4.46. The minimum absolute atomic E-state index is 0.189. The number of ether oxygens (including phenoxy) is 5. The third-order valence-corrected chi connectivity index (χ3v) is 5.11. The summed E-state index contributed by atoms with van der Waals surface area (Å²) in [5.74, 6) is -3.17. The summed E-state index contributed by atoms with van der Waals surface area (Å²) in [7, 11) is 4.36. The van der Waals surface area contributed by atoms with E-state index < -0.39 is 30.1 Å². The smallest absolute Gasteiger partial charge is 0.365 e. The lowest BCUT2D eigenvalue weighted by atomic mass is 10.2. The van der Waals surface area contributed by atoms with Crippen LogP contribution in [0.15, 0.2) is 12.1 Å². The van der Waals surface area contributed by atoms with Crippen molar-refractivity contribution >= 4 is 35.6 Å². The van der Waals surface area contributed by atoms with Crippen LogP contribution in [0.3, 0.4) is 0 Å². The second-order valence-electron chi connectivity index (χ2n) is 7.60. The van der Waals surface area contributed by atoms with Gasteiger partial charge in [-0.15, -0.1) is 0 Å². The zero-order valence-electron chi connectivity index (χ0n) is 21.7. The number of methoxy groups -OCH3 is 3. The monoisotopic (exact) mass is 549 g/mol. The summed E-state index contributed by atoms with van der Waals surface area (Å²) in [6.07, 6.45) is 1.42. The van der Waals surface area contributed by atoms with Gasteiger partial charge in [0.2, 0.25) is 5.75 Å². The molecule has 1 rings (SSSR count). The van der Waals surface area contributed by atoms with Gasteiger partial charge < -0.3 is 49.1 Å². The Labute approximate surface area is 219 Å². The molecule has 2 atom stereocenters. The number of aliphatic hydroxyl groups is 1. The summed E-state index contributed by atoms with van der Waals surface area (Å²) in [6, 6.07) is 2.53. The Bertz CT molecular complexity index is 855.